The highest BCUT2D eigenvalue weighted by Crippen LogP contribution is 2.18. The van der Waals surface area contributed by atoms with Crippen LogP contribution in [0, 0.1) is 0 Å². The van der Waals surface area contributed by atoms with Crippen LogP contribution in [0.5, 0.6) is 0 Å². The number of nitrogens with zero attached hydrogens (tertiary/aromatic N) is 1. The fraction of sp³-hybridized carbons (Fsp3) is 0.353. The van der Waals surface area contributed by atoms with E-state index in [-0.39, 0.29) is 0 Å². The second-order valence-electron chi connectivity index (χ2n) is 4.75. The Hall–Kier alpha value is -1.63. The largest absolute Gasteiger partial charge is 0.256 e. The zero-order valence-corrected chi connectivity index (χ0v) is 11.3. The van der Waals surface area contributed by atoms with Crippen molar-refractivity contribution in [1.82, 2.24) is 4.98 Å². The molecule has 0 saturated heterocycles. The number of pyridine rings is 1. The molecule has 1 heteroatoms. The molecule has 2 aromatic rings. The van der Waals surface area contributed by atoms with Crippen LogP contribution in [0.1, 0.15) is 37.8 Å². The summed E-state index contributed by atoms with van der Waals surface area (Å²) >= 11 is 0. The van der Waals surface area contributed by atoms with Gasteiger partial charge in [0, 0.05) is 11.8 Å². The van der Waals surface area contributed by atoms with E-state index in [1.807, 2.05) is 6.20 Å². The van der Waals surface area contributed by atoms with Crippen LogP contribution < -0.4 is 0 Å². The van der Waals surface area contributed by atoms with Gasteiger partial charge in [0.25, 0.3) is 0 Å². The van der Waals surface area contributed by atoms with E-state index >= 15 is 0 Å². The number of hydrogen-bond acceptors (Lipinski definition) is 1. The van der Waals surface area contributed by atoms with E-state index in [1.54, 1.807) is 0 Å². The third-order valence-electron chi connectivity index (χ3n) is 3.15. The molecule has 0 bridgehead atoms. The van der Waals surface area contributed by atoms with Gasteiger partial charge in [-0.05, 0) is 30.0 Å². The van der Waals surface area contributed by atoms with Crippen molar-refractivity contribution < 1.29 is 0 Å². The predicted molar refractivity (Wildman–Crippen MR) is 77.7 cm³/mol. The van der Waals surface area contributed by atoms with Crippen LogP contribution in [0.25, 0.3) is 11.3 Å². The van der Waals surface area contributed by atoms with Gasteiger partial charge in [-0.1, -0.05) is 57.0 Å². The lowest BCUT2D eigenvalue weighted by molar-refractivity contribution is 0.914. The Bertz CT molecular complexity index is 420. The van der Waals surface area contributed by atoms with Crippen molar-refractivity contribution in [3.8, 4) is 11.3 Å². The molecule has 94 valence electrons. The van der Waals surface area contributed by atoms with Gasteiger partial charge in [-0.15, -0.1) is 0 Å². The monoisotopic (exact) mass is 239 g/mol. The van der Waals surface area contributed by atoms with Crippen LogP contribution in [0.3, 0.4) is 0 Å². The summed E-state index contributed by atoms with van der Waals surface area (Å²) in [4.78, 5) is 4.54. The Labute approximate surface area is 110 Å². The first-order chi connectivity index (χ1) is 8.83. The van der Waals surface area contributed by atoms with Crippen molar-refractivity contribution in [3.63, 3.8) is 0 Å². The first-order valence-electron chi connectivity index (χ1n) is 6.87. The molecule has 0 unspecified atom stereocenters. The molecule has 0 aliphatic carbocycles. The highest BCUT2D eigenvalue weighted by atomic mass is 14.7. The van der Waals surface area contributed by atoms with Gasteiger partial charge >= 0.3 is 0 Å². The van der Waals surface area contributed by atoms with E-state index in [2.05, 4.69) is 55.2 Å². The molecular formula is C17H21N. The quantitative estimate of drug-likeness (QED) is 0.740. The first kappa shape index (κ1) is 12.8. The van der Waals surface area contributed by atoms with Gasteiger partial charge in [0.15, 0.2) is 0 Å². The Morgan fingerprint density at radius 3 is 1.94 bits per heavy atom. The van der Waals surface area contributed by atoms with Crippen molar-refractivity contribution in [3.05, 3.63) is 53.7 Å². The van der Waals surface area contributed by atoms with Crippen LogP contribution in [0.4, 0.5) is 0 Å². The van der Waals surface area contributed by atoms with E-state index in [1.165, 1.54) is 29.5 Å². The topological polar surface area (TPSA) is 12.9 Å². The lowest BCUT2D eigenvalue weighted by Crippen LogP contribution is -1.89. The molecule has 0 aliphatic rings. The number of benzene rings is 1. The Morgan fingerprint density at radius 1 is 0.778 bits per heavy atom. The Kier molecular flexibility index (Phi) is 4.52. The average molecular weight is 239 g/mol. The van der Waals surface area contributed by atoms with Crippen LogP contribution in [-0.4, -0.2) is 4.98 Å². The lowest BCUT2D eigenvalue weighted by atomic mass is 10.0. The van der Waals surface area contributed by atoms with E-state index < -0.39 is 0 Å². The maximum atomic E-state index is 4.54. The Morgan fingerprint density at radius 2 is 1.39 bits per heavy atom. The van der Waals surface area contributed by atoms with Gasteiger partial charge in [-0.2, -0.15) is 0 Å². The second kappa shape index (κ2) is 6.34. The molecule has 1 nitrogen and oxygen atoms in total. The van der Waals surface area contributed by atoms with Crippen molar-refractivity contribution in [2.24, 2.45) is 0 Å². The van der Waals surface area contributed by atoms with Gasteiger partial charge in [-0.3, -0.25) is 4.98 Å². The number of aromatic nitrogens is 1. The highest BCUT2D eigenvalue weighted by molar-refractivity contribution is 5.59. The molecular weight excluding hydrogens is 218 g/mol. The fourth-order valence-corrected chi connectivity index (χ4v) is 2.16. The van der Waals surface area contributed by atoms with E-state index in [9.17, 15) is 0 Å². The van der Waals surface area contributed by atoms with E-state index in [4.69, 9.17) is 0 Å². The zero-order chi connectivity index (χ0) is 12.8. The molecule has 0 spiro atoms. The van der Waals surface area contributed by atoms with Gasteiger partial charge < -0.3 is 0 Å². The van der Waals surface area contributed by atoms with Crippen LogP contribution in [-0.2, 0) is 12.8 Å². The van der Waals surface area contributed by atoms with Gasteiger partial charge in [0.1, 0.15) is 0 Å². The molecule has 1 aromatic carbocycles. The molecule has 0 radical (unpaired) electrons. The number of hydrogen-bond donors (Lipinski definition) is 0. The summed E-state index contributed by atoms with van der Waals surface area (Å²) in [7, 11) is 0. The average Bonchev–Trinajstić information content (AvgIpc) is 2.41. The summed E-state index contributed by atoms with van der Waals surface area (Å²) in [5.41, 5.74) is 5.00. The van der Waals surface area contributed by atoms with Crippen LogP contribution in [0.2, 0.25) is 0 Å². The fourth-order valence-electron chi connectivity index (χ4n) is 2.16. The molecule has 0 aliphatic heterocycles. The van der Waals surface area contributed by atoms with Crippen molar-refractivity contribution >= 4 is 0 Å². The van der Waals surface area contributed by atoms with Crippen molar-refractivity contribution in [2.75, 3.05) is 0 Å². The minimum Gasteiger partial charge on any atom is -0.256 e. The standard InChI is InChI=1S/C17H21N/c1-3-5-14-7-10-16(11-8-14)17-12-9-15(6-4-2)13-18-17/h7-13H,3-6H2,1-2H3. The molecule has 0 amide bonds. The minimum absolute atomic E-state index is 1.07. The molecule has 2 rings (SSSR count). The second-order valence-corrected chi connectivity index (χ2v) is 4.75. The van der Waals surface area contributed by atoms with Gasteiger partial charge in [0.2, 0.25) is 0 Å². The molecule has 0 fully saturated rings. The molecule has 0 saturated carbocycles. The first-order valence-corrected chi connectivity index (χ1v) is 6.87. The van der Waals surface area contributed by atoms with Crippen LogP contribution in [0.15, 0.2) is 42.6 Å². The van der Waals surface area contributed by atoms with Gasteiger partial charge in [-0.25, -0.2) is 0 Å². The zero-order valence-electron chi connectivity index (χ0n) is 11.3. The minimum atomic E-state index is 1.07. The van der Waals surface area contributed by atoms with E-state index in [0.29, 0.717) is 0 Å². The smallest absolute Gasteiger partial charge is 0.0702 e. The Balaban J connectivity index is 2.15. The summed E-state index contributed by atoms with van der Waals surface area (Å²) in [5.74, 6) is 0. The van der Waals surface area contributed by atoms with Gasteiger partial charge in [0.05, 0.1) is 5.69 Å². The van der Waals surface area contributed by atoms with Crippen molar-refractivity contribution in [1.29, 1.82) is 0 Å². The SMILES string of the molecule is CCCc1ccc(-c2ccc(CCC)cn2)cc1. The molecule has 0 N–H and O–H groups in total. The molecule has 0 atom stereocenters. The summed E-state index contributed by atoms with van der Waals surface area (Å²) in [6, 6.07) is 13.1. The highest BCUT2D eigenvalue weighted by Gasteiger charge is 2.00. The summed E-state index contributed by atoms with van der Waals surface area (Å²) < 4.78 is 0. The van der Waals surface area contributed by atoms with Crippen LogP contribution >= 0.6 is 0 Å². The summed E-state index contributed by atoms with van der Waals surface area (Å²) in [6.45, 7) is 4.41. The van der Waals surface area contributed by atoms with E-state index in [0.717, 1.165) is 18.5 Å². The molecule has 1 aromatic heterocycles. The number of aryl methyl sites for hydroxylation is 2. The third-order valence-corrected chi connectivity index (χ3v) is 3.15. The maximum Gasteiger partial charge on any atom is 0.0702 e. The molecule has 1 heterocycles. The summed E-state index contributed by atoms with van der Waals surface area (Å²) in [5, 5.41) is 0. The predicted octanol–water partition coefficient (Wildman–Crippen LogP) is 4.65. The molecule has 18 heavy (non-hydrogen) atoms. The number of rotatable bonds is 5. The normalized spacial score (nSPS) is 10.6. The maximum absolute atomic E-state index is 4.54. The summed E-state index contributed by atoms with van der Waals surface area (Å²) in [6.07, 6.45) is 6.64. The lowest BCUT2D eigenvalue weighted by Gasteiger charge is -2.04. The van der Waals surface area contributed by atoms with Crippen molar-refractivity contribution in [2.45, 2.75) is 39.5 Å². The third kappa shape index (κ3) is 3.19.